The molecule has 6 nitrogen and oxygen atoms in total. The van der Waals surface area contributed by atoms with Crippen molar-refractivity contribution in [1.82, 2.24) is 10.2 Å². The Hall–Kier alpha value is -1.63. The highest BCUT2D eigenvalue weighted by molar-refractivity contribution is 6.35. The number of halogens is 1. The van der Waals surface area contributed by atoms with Gasteiger partial charge in [-0.1, -0.05) is 23.7 Å². The van der Waals surface area contributed by atoms with Gasteiger partial charge in [-0.25, -0.2) is 0 Å². The van der Waals surface area contributed by atoms with Crippen LogP contribution in [0.15, 0.2) is 24.3 Å². The van der Waals surface area contributed by atoms with Crippen LogP contribution in [0.3, 0.4) is 0 Å². The number of carbonyl (C=O) groups excluding carboxylic acids is 2. The van der Waals surface area contributed by atoms with E-state index in [4.69, 9.17) is 21.8 Å². The zero-order valence-corrected chi connectivity index (χ0v) is 11.6. The molecule has 0 spiro atoms. The van der Waals surface area contributed by atoms with Crippen molar-refractivity contribution in [2.45, 2.75) is 6.54 Å². The van der Waals surface area contributed by atoms with Crippen LogP contribution in [0.5, 0.6) is 0 Å². The molecular weight excluding hydrogens is 284 g/mol. The lowest BCUT2D eigenvalue weighted by molar-refractivity contribution is -0.146. The van der Waals surface area contributed by atoms with Gasteiger partial charge in [-0.3, -0.25) is 9.59 Å². The zero-order chi connectivity index (χ0) is 15.0. The summed E-state index contributed by atoms with van der Waals surface area (Å²) in [5.74, 6) is -1.55. The molecule has 0 saturated carbocycles. The average molecular weight is 301 g/mol. The molecule has 7 heteroatoms. The SMILES string of the molecule is O=C(NCc1ccc(Cl)cc1)C(=O)N(CCO)CCO. The minimum absolute atomic E-state index is 0.00770. The van der Waals surface area contributed by atoms with E-state index in [0.717, 1.165) is 10.5 Å². The van der Waals surface area contributed by atoms with Crippen molar-refractivity contribution in [2.24, 2.45) is 0 Å². The molecule has 0 saturated heterocycles. The van der Waals surface area contributed by atoms with Gasteiger partial charge in [0.15, 0.2) is 0 Å². The summed E-state index contributed by atoms with van der Waals surface area (Å²) in [6.45, 7) is -0.318. The molecule has 0 atom stereocenters. The Bertz CT molecular complexity index is 444. The normalized spacial score (nSPS) is 10.2. The number of aliphatic hydroxyl groups is 2. The predicted molar refractivity (Wildman–Crippen MR) is 74.1 cm³/mol. The Labute approximate surface area is 122 Å². The van der Waals surface area contributed by atoms with Gasteiger partial charge < -0.3 is 20.4 Å². The third-order valence-electron chi connectivity index (χ3n) is 2.59. The van der Waals surface area contributed by atoms with Crippen molar-refractivity contribution in [3.63, 3.8) is 0 Å². The Morgan fingerprint density at radius 3 is 2.15 bits per heavy atom. The molecule has 3 N–H and O–H groups in total. The lowest BCUT2D eigenvalue weighted by Crippen LogP contribution is -2.45. The van der Waals surface area contributed by atoms with Crippen LogP contribution < -0.4 is 5.32 Å². The predicted octanol–water partition coefficient (Wildman–Crippen LogP) is -0.231. The van der Waals surface area contributed by atoms with Crippen LogP contribution in [0, 0.1) is 0 Å². The monoisotopic (exact) mass is 300 g/mol. The topological polar surface area (TPSA) is 89.9 Å². The van der Waals surface area contributed by atoms with E-state index >= 15 is 0 Å². The molecule has 1 aromatic carbocycles. The fraction of sp³-hybridized carbons (Fsp3) is 0.385. The van der Waals surface area contributed by atoms with Crippen LogP contribution in [-0.4, -0.2) is 53.2 Å². The standard InChI is InChI=1S/C13H17ClN2O4/c14-11-3-1-10(2-4-11)9-15-12(19)13(20)16(5-7-17)6-8-18/h1-4,17-18H,5-9H2,(H,15,19). The molecule has 20 heavy (non-hydrogen) atoms. The third-order valence-corrected chi connectivity index (χ3v) is 2.84. The highest BCUT2D eigenvalue weighted by Gasteiger charge is 2.20. The summed E-state index contributed by atoms with van der Waals surface area (Å²) < 4.78 is 0. The zero-order valence-electron chi connectivity index (χ0n) is 10.9. The first kappa shape index (κ1) is 16.4. The summed E-state index contributed by atoms with van der Waals surface area (Å²) in [6.07, 6.45) is 0. The van der Waals surface area contributed by atoms with E-state index < -0.39 is 11.8 Å². The van der Waals surface area contributed by atoms with Crippen LogP contribution in [0.1, 0.15) is 5.56 Å². The second kappa shape index (κ2) is 8.52. The molecule has 0 aliphatic carbocycles. The number of amides is 2. The number of rotatable bonds is 6. The Balaban J connectivity index is 2.52. The molecule has 0 aromatic heterocycles. The van der Waals surface area contributed by atoms with Crippen LogP contribution in [0.25, 0.3) is 0 Å². The lowest BCUT2D eigenvalue weighted by atomic mass is 10.2. The fourth-order valence-electron chi connectivity index (χ4n) is 1.56. The molecule has 2 amide bonds. The van der Waals surface area contributed by atoms with Crippen molar-refractivity contribution >= 4 is 23.4 Å². The lowest BCUT2D eigenvalue weighted by Gasteiger charge is -2.19. The first-order valence-electron chi connectivity index (χ1n) is 6.11. The summed E-state index contributed by atoms with van der Waals surface area (Å²) in [7, 11) is 0. The summed E-state index contributed by atoms with van der Waals surface area (Å²) in [5.41, 5.74) is 0.811. The molecule has 1 rings (SSSR count). The van der Waals surface area contributed by atoms with Crippen molar-refractivity contribution in [3.8, 4) is 0 Å². The van der Waals surface area contributed by atoms with E-state index in [1.54, 1.807) is 24.3 Å². The van der Waals surface area contributed by atoms with Crippen molar-refractivity contribution < 1.29 is 19.8 Å². The number of carbonyl (C=O) groups is 2. The number of hydrogen-bond acceptors (Lipinski definition) is 4. The van der Waals surface area contributed by atoms with Gasteiger partial charge in [0.05, 0.1) is 13.2 Å². The molecule has 110 valence electrons. The number of nitrogens with one attached hydrogen (secondary N) is 1. The van der Waals surface area contributed by atoms with E-state index in [-0.39, 0.29) is 32.8 Å². The van der Waals surface area contributed by atoms with E-state index in [1.165, 1.54) is 0 Å². The van der Waals surface area contributed by atoms with Gasteiger partial charge >= 0.3 is 11.8 Å². The largest absolute Gasteiger partial charge is 0.395 e. The second-order valence-corrected chi connectivity index (χ2v) is 4.48. The molecule has 0 aliphatic heterocycles. The number of nitrogens with zero attached hydrogens (tertiary/aromatic N) is 1. The molecule has 0 radical (unpaired) electrons. The Morgan fingerprint density at radius 1 is 1.10 bits per heavy atom. The highest BCUT2D eigenvalue weighted by atomic mass is 35.5. The minimum Gasteiger partial charge on any atom is -0.395 e. The van der Waals surface area contributed by atoms with Crippen molar-refractivity contribution in [1.29, 1.82) is 0 Å². The van der Waals surface area contributed by atoms with Crippen molar-refractivity contribution in [2.75, 3.05) is 26.3 Å². The van der Waals surface area contributed by atoms with Crippen LogP contribution >= 0.6 is 11.6 Å². The molecule has 0 aliphatic rings. The van der Waals surface area contributed by atoms with Crippen LogP contribution in [-0.2, 0) is 16.1 Å². The smallest absolute Gasteiger partial charge is 0.312 e. The first-order valence-corrected chi connectivity index (χ1v) is 6.49. The van der Waals surface area contributed by atoms with Gasteiger partial charge in [-0.05, 0) is 17.7 Å². The van der Waals surface area contributed by atoms with Gasteiger partial charge in [0.1, 0.15) is 0 Å². The number of hydrogen-bond donors (Lipinski definition) is 3. The number of benzene rings is 1. The van der Waals surface area contributed by atoms with Gasteiger partial charge in [0.25, 0.3) is 0 Å². The third kappa shape index (κ3) is 5.16. The first-order chi connectivity index (χ1) is 9.58. The molecular formula is C13H17ClN2O4. The van der Waals surface area contributed by atoms with Crippen molar-refractivity contribution in [3.05, 3.63) is 34.9 Å². The van der Waals surface area contributed by atoms with Crippen LogP contribution in [0.4, 0.5) is 0 Å². The summed E-state index contributed by atoms with van der Waals surface area (Å²) in [4.78, 5) is 24.5. The molecule has 1 aromatic rings. The quantitative estimate of drug-likeness (QED) is 0.633. The Morgan fingerprint density at radius 2 is 1.65 bits per heavy atom. The maximum Gasteiger partial charge on any atom is 0.312 e. The van der Waals surface area contributed by atoms with Gasteiger partial charge in [-0.2, -0.15) is 0 Å². The van der Waals surface area contributed by atoms with Gasteiger partial charge in [0, 0.05) is 24.7 Å². The maximum absolute atomic E-state index is 11.8. The summed E-state index contributed by atoms with van der Waals surface area (Å²) in [6, 6.07) is 6.86. The highest BCUT2D eigenvalue weighted by Crippen LogP contribution is 2.09. The molecule has 0 bridgehead atoms. The van der Waals surface area contributed by atoms with Gasteiger partial charge in [0.2, 0.25) is 0 Å². The molecule has 0 fully saturated rings. The van der Waals surface area contributed by atoms with E-state index in [2.05, 4.69) is 5.32 Å². The van der Waals surface area contributed by atoms with Gasteiger partial charge in [-0.15, -0.1) is 0 Å². The minimum atomic E-state index is -0.776. The van der Waals surface area contributed by atoms with E-state index in [9.17, 15) is 9.59 Å². The van der Waals surface area contributed by atoms with E-state index in [0.29, 0.717) is 5.02 Å². The Kier molecular flexibility index (Phi) is 7.00. The summed E-state index contributed by atoms with van der Waals surface area (Å²) in [5, 5.41) is 20.7. The summed E-state index contributed by atoms with van der Waals surface area (Å²) >= 11 is 5.74. The number of aliphatic hydroxyl groups excluding tert-OH is 2. The van der Waals surface area contributed by atoms with E-state index in [1.807, 2.05) is 0 Å². The molecule has 0 unspecified atom stereocenters. The van der Waals surface area contributed by atoms with Crippen LogP contribution in [0.2, 0.25) is 5.02 Å². The molecule has 0 heterocycles. The maximum atomic E-state index is 11.8. The average Bonchev–Trinajstić information content (AvgIpc) is 2.45. The second-order valence-electron chi connectivity index (χ2n) is 4.05. The fourth-order valence-corrected chi connectivity index (χ4v) is 1.69.